The van der Waals surface area contributed by atoms with Crippen LogP contribution in [-0.2, 0) is 0 Å². The Bertz CT molecular complexity index is 1430. The van der Waals surface area contributed by atoms with Crippen LogP contribution < -0.4 is 10.9 Å². The molecular weight excluding hydrogens is 387 g/mol. The van der Waals surface area contributed by atoms with Crippen molar-refractivity contribution in [2.75, 3.05) is 0 Å². The van der Waals surface area contributed by atoms with Crippen molar-refractivity contribution in [3.05, 3.63) is 78.5 Å². The Labute approximate surface area is 161 Å². The second-order valence-electron chi connectivity index (χ2n) is 6.34. The van der Waals surface area contributed by atoms with Gasteiger partial charge < -0.3 is 8.83 Å². The molecule has 0 fully saturated rings. The minimum atomic E-state index is -0.282. The molecular formula is C21H10Cl2O4. The molecule has 0 bridgehead atoms. The van der Waals surface area contributed by atoms with Crippen molar-refractivity contribution >= 4 is 67.1 Å². The maximum absolute atomic E-state index is 13.1. The molecule has 2 heterocycles. The maximum Gasteiger partial charge on any atom is 0.202 e. The average molecular weight is 397 g/mol. The summed E-state index contributed by atoms with van der Waals surface area (Å²) in [6.45, 7) is 1.70. The number of halogens is 2. The lowest BCUT2D eigenvalue weighted by Crippen LogP contribution is -2.09. The first-order valence-corrected chi connectivity index (χ1v) is 8.92. The summed E-state index contributed by atoms with van der Waals surface area (Å²) in [6.07, 6.45) is 0. The van der Waals surface area contributed by atoms with Crippen molar-refractivity contribution in [3.63, 3.8) is 0 Å². The first-order valence-electron chi connectivity index (χ1n) is 8.17. The molecule has 0 amide bonds. The largest absolute Gasteiger partial charge is 0.456 e. The Balaban J connectivity index is 2.11. The van der Waals surface area contributed by atoms with E-state index in [1.807, 2.05) is 0 Å². The molecule has 132 valence electrons. The van der Waals surface area contributed by atoms with Gasteiger partial charge in [0.15, 0.2) is 0 Å². The molecule has 0 saturated carbocycles. The summed E-state index contributed by atoms with van der Waals surface area (Å²) in [5.74, 6) is 0. The van der Waals surface area contributed by atoms with Crippen molar-refractivity contribution in [2.45, 2.75) is 6.92 Å². The van der Waals surface area contributed by atoms with E-state index in [1.165, 1.54) is 0 Å². The Morgan fingerprint density at radius 2 is 1.11 bits per heavy atom. The summed E-state index contributed by atoms with van der Waals surface area (Å²) < 4.78 is 11.8. The van der Waals surface area contributed by atoms with Crippen LogP contribution in [0, 0.1) is 6.92 Å². The van der Waals surface area contributed by atoms with E-state index in [2.05, 4.69) is 0 Å². The number of benzene rings is 3. The third kappa shape index (κ3) is 2.17. The van der Waals surface area contributed by atoms with Gasteiger partial charge in [-0.3, -0.25) is 9.59 Å². The molecule has 0 atom stereocenters. The number of rotatable bonds is 0. The molecule has 2 aromatic heterocycles. The van der Waals surface area contributed by atoms with Gasteiger partial charge in [-0.05, 0) is 36.8 Å². The van der Waals surface area contributed by atoms with Crippen molar-refractivity contribution < 1.29 is 8.83 Å². The molecule has 0 saturated heterocycles. The fraction of sp³-hybridized carbons (Fsp3) is 0.0476. The number of hydrogen-bond acceptors (Lipinski definition) is 4. The zero-order chi connectivity index (χ0) is 18.9. The molecule has 0 aliphatic rings. The second-order valence-corrected chi connectivity index (χ2v) is 7.15. The first-order chi connectivity index (χ1) is 13.0. The summed E-state index contributed by atoms with van der Waals surface area (Å²) in [5.41, 5.74) is 1.35. The molecule has 0 N–H and O–H groups in total. The zero-order valence-corrected chi connectivity index (χ0v) is 15.4. The molecule has 0 unspecified atom stereocenters. The standard InChI is InChI=1S/C21H10Cl2O4/c1-9-16-14(26-12-6-2-4-10(22)18(12)20(16)24)8-15-17(9)21(25)19-11(23)5-3-7-13(19)27-15/h2-8H,1H3. The summed E-state index contributed by atoms with van der Waals surface area (Å²) in [7, 11) is 0. The summed E-state index contributed by atoms with van der Waals surface area (Å²) >= 11 is 12.4. The van der Waals surface area contributed by atoms with Gasteiger partial charge in [0.2, 0.25) is 10.9 Å². The van der Waals surface area contributed by atoms with Crippen LogP contribution in [0.2, 0.25) is 10.0 Å². The molecule has 5 rings (SSSR count). The van der Waals surface area contributed by atoms with Gasteiger partial charge in [-0.2, -0.15) is 0 Å². The molecule has 5 aromatic rings. The van der Waals surface area contributed by atoms with Gasteiger partial charge in [0.25, 0.3) is 0 Å². The van der Waals surface area contributed by atoms with Crippen LogP contribution in [0.4, 0.5) is 0 Å². The zero-order valence-electron chi connectivity index (χ0n) is 13.9. The minimum absolute atomic E-state index is 0.282. The molecule has 6 heteroatoms. The molecule has 27 heavy (non-hydrogen) atoms. The minimum Gasteiger partial charge on any atom is -0.456 e. The van der Waals surface area contributed by atoms with Crippen LogP contribution in [0.15, 0.2) is 60.9 Å². The molecule has 0 aliphatic heterocycles. The van der Waals surface area contributed by atoms with Crippen molar-refractivity contribution in [1.29, 1.82) is 0 Å². The Morgan fingerprint density at radius 1 is 0.667 bits per heavy atom. The van der Waals surface area contributed by atoms with Crippen molar-refractivity contribution in [2.24, 2.45) is 0 Å². The molecule has 0 spiro atoms. The molecule has 4 nitrogen and oxygen atoms in total. The van der Waals surface area contributed by atoms with Crippen LogP contribution in [0.3, 0.4) is 0 Å². The third-order valence-electron chi connectivity index (χ3n) is 4.80. The van der Waals surface area contributed by atoms with E-state index in [1.54, 1.807) is 49.4 Å². The van der Waals surface area contributed by atoms with Crippen molar-refractivity contribution in [1.82, 2.24) is 0 Å². The van der Waals surface area contributed by atoms with Gasteiger partial charge in [-0.25, -0.2) is 0 Å². The van der Waals surface area contributed by atoms with E-state index in [4.69, 9.17) is 32.0 Å². The maximum atomic E-state index is 13.1. The van der Waals surface area contributed by atoms with Crippen LogP contribution in [0.1, 0.15) is 5.56 Å². The monoisotopic (exact) mass is 396 g/mol. The Hall–Kier alpha value is -2.82. The highest BCUT2D eigenvalue weighted by atomic mass is 35.5. The van der Waals surface area contributed by atoms with E-state index < -0.39 is 0 Å². The predicted octanol–water partition coefficient (Wildman–Crippen LogP) is 5.82. The average Bonchev–Trinajstić information content (AvgIpc) is 2.61. The summed E-state index contributed by atoms with van der Waals surface area (Å²) in [4.78, 5) is 26.2. The second kappa shape index (κ2) is 5.59. The highest BCUT2D eigenvalue weighted by molar-refractivity contribution is 6.36. The summed E-state index contributed by atoms with van der Waals surface area (Å²) in [5, 5.41) is 1.80. The van der Waals surface area contributed by atoms with E-state index in [9.17, 15) is 9.59 Å². The van der Waals surface area contributed by atoms with Gasteiger partial charge in [0, 0.05) is 6.07 Å². The van der Waals surface area contributed by atoms with Gasteiger partial charge in [0.05, 0.1) is 31.6 Å². The smallest absolute Gasteiger partial charge is 0.202 e. The fourth-order valence-electron chi connectivity index (χ4n) is 3.59. The van der Waals surface area contributed by atoms with Crippen LogP contribution in [0.5, 0.6) is 0 Å². The van der Waals surface area contributed by atoms with Crippen molar-refractivity contribution in [3.8, 4) is 0 Å². The van der Waals surface area contributed by atoms with E-state index in [0.29, 0.717) is 48.7 Å². The Kier molecular flexibility index (Phi) is 3.39. The lowest BCUT2D eigenvalue weighted by Gasteiger charge is -2.09. The number of hydrogen-bond donors (Lipinski definition) is 0. The summed E-state index contributed by atoms with van der Waals surface area (Å²) in [6, 6.07) is 11.6. The predicted molar refractivity (Wildman–Crippen MR) is 108 cm³/mol. The van der Waals surface area contributed by atoms with Crippen LogP contribution >= 0.6 is 23.2 Å². The number of fused-ring (bicyclic) bond motifs is 4. The van der Waals surface area contributed by atoms with Crippen LogP contribution in [-0.4, -0.2) is 0 Å². The van der Waals surface area contributed by atoms with E-state index in [0.717, 1.165) is 0 Å². The fourth-order valence-corrected chi connectivity index (χ4v) is 4.09. The molecule has 0 aliphatic carbocycles. The normalized spacial score (nSPS) is 11.8. The third-order valence-corrected chi connectivity index (χ3v) is 5.43. The number of aryl methyl sites for hydroxylation is 1. The van der Waals surface area contributed by atoms with E-state index >= 15 is 0 Å². The van der Waals surface area contributed by atoms with Gasteiger partial charge in [-0.15, -0.1) is 0 Å². The van der Waals surface area contributed by atoms with Gasteiger partial charge >= 0.3 is 0 Å². The first kappa shape index (κ1) is 16.4. The lowest BCUT2D eigenvalue weighted by molar-refractivity contribution is 0.646. The Morgan fingerprint density at radius 3 is 1.56 bits per heavy atom. The lowest BCUT2D eigenvalue weighted by atomic mass is 10.0. The van der Waals surface area contributed by atoms with Crippen LogP contribution in [0.25, 0.3) is 43.9 Å². The SMILES string of the molecule is Cc1c2c(=O)c3c(Cl)cccc3oc2cc2oc3cccc(Cl)c3c(=O)c12. The van der Waals surface area contributed by atoms with Gasteiger partial charge in [0.1, 0.15) is 22.3 Å². The highest BCUT2D eigenvalue weighted by Crippen LogP contribution is 2.31. The molecule has 3 aromatic carbocycles. The quantitative estimate of drug-likeness (QED) is 0.309. The van der Waals surface area contributed by atoms with E-state index in [-0.39, 0.29) is 21.6 Å². The molecule has 0 radical (unpaired) electrons. The highest BCUT2D eigenvalue weighted by Gasteiger charge is 2.19. The van der Waals surface area contributed by atoms with Gasteiger partial charge in [-0.1, -0.05) is 35.3 Å². The topological polar surface area (TPSA) is 60.4 Å².